The van der Waals surface area contributed by atoms with Gasteiger partial charge in [0.25, 0.3) is 0 Å². The van der Waals surface area contributed by atoms with Crippen molar-refractivity contribution in [1.82, 2.24) is 0 Å². The van der Waals surface area contributed by atoms with Gasteiger partial charge < -0.3 is 10.6 Å². The SMILES string of the molecule is Cc1ccc(N(C)C(C)CN)cc1C. The van der Waals surface area contributed by atoms with Crippen molar-refractivity contribution in [3.05, 3.63) is 29.3 Å². The summed E-state index contributed by atoms with van der Waals surface area (Å²) in [6.07, 6.45) is 0. The molecule has 0 radical (unpaired) electrons. The number of benzene rings is 1. The van der Waals surface area contributed by atoms with Crippen LogP contribution in [0.5, 0.6) is 0 Å². The summed E-state index contributed by atoms with van der Waals surface area (Å²) < 4.78 is 0. The molecule has 1 aromatic rings. The monoisotopic (exact) mass is 192 g/mol. The molecule has 0 aliphatic rings. The normalized spacial score (nSPS) is 12.6. The van der Waals surface area contributed by atoms with Gasteiger partial charge in [0.05, 0.1) is 0 Å². The van der Waals surface area contributed by atoms with E-state index >= 15 is 0 Å². The number of anilines is 1. The van der Waals surface area contributed by atoms with Crippen molar-refractivity contribution in [3.8, 4) is 0 Å². The Kier molecular flexibility index (Phi) is 3.53. The number of hydrogen-bond donors (Lipinski definition) is 1. The molecule has 2 heteroatoms. The standard InChI is InChI=1S/C12H20N2/c1-9-5-6-12(7-10(9)2)14(4)11(3)8-13/h5-7,11H,8,13H2,1-4H3. The Hall–Kier alpha value is -1.02. The predicted octanol–water partition coefficient (Wildman–Crippen LogP) is 2.09. The molecule has 0 bridgehead atoms. The minimum absolute atomic E-state index is 0.386. The predicted molar refractivity (Wildman–Crippen MR) is 62.8 cm³/mol. The molecule has 1 unspecified atom stereocenters. The summed E-state index contributed by atoms with van der Waals surface area (Å²) >= 11 is 0. The summed E-state index contributed by atoms with van der Waals surface area (Å²) in [4.78, 5) is 2.21. The quantitative estimate of drug-likeness (QED) is 0.794. The van der Waals surface area contributed by atoms with E-state index in [4.69, 9.17) is 5.73 Å². The summed E-state index contributed by atoms with van der Waals surface area (Å²) in [7, 11) is 2.08. The highest BCUT2D eigenvalue weighted by molar-refractivity contribution is 5.50. The Morgan fingerprint density at radius 1 is 1.29 bits per heavy atom. The molecular formula is C12H20N2. The first-order valence-electron chi connectivity index (χ1n) is 5.06. The lowest BCUT2D eigenvalue weighted by Gasteiger charge is -2.26. The second kappa shape index (κ2) is 4.47. The van der Waals surface area contributed by atoms with E-state index in [2.05, 4.69) is 50.9 Å². The topological polar surface area (TPSA) is 29.3 Å². The summed E-state index contributed by atoms with van der Waals surface area (Å²) in [6, 6.07) is 6.90. The van der Waals surface area contributed by atoms with Crippen LogP contribution in [0, 0.1) is 13.8 Å². The van der Waals surface area contributed by atoms with E-state index < -0.39 is 0 Å². The first kappa shape index (κ1) is 11.1. The average Bonchev–Trinajstić information content (AvgIpc) is 2.20. The zero-order valence-corrected chi connectivity index (χ0v) is 9.54. The zero-order chi connectivity index (χ0) is 10.7. The molecule has 1 aromatic carbocycles. The number of rotatable bonds is 3. The fraction of sp³-hybridized carbons (Fsp3) is 0.500. The Balaban J connectivity index is 2.91. The Labute approximate surface area is 86.7 Å². The van der Waals surface area contributed by atoms with Crippen LogP contribution in [0.1, 0.15) is 18.1 Å². The van der Waals surface area contributed by atoms with Gasteiger partial charge in [0.15, 0.2) is 0 Å². The minimum atomic E-state index is 0.386. The van der Waals surface area contributed by atoms with Gasteiger partial charge in [-0.25, -0.2) is 0 Å². The third-order valence-corrected chi connectivity index (χ3v) is 2.90. The lowest BCUT2D eigenvalue weighted by molar-refractivity contribution is 0.695. The van der Waals surface area contributed by atoms with Gasteiger partial charge in [0.1, 0.15) is 0 Å². The molecule has 1 atom stereocenters. The van der Waals surface area contributed by atoms with Gasteiger partial charge in [0.2, 0.25) is 0 Å². The van der Waals surface area contributed by atoms with Gasteiger partial charge in [0, 0.05) is 25.3 Å². The molecule has 0 heterocycles. The first-order chi connectivity index (χ1) is 6.56. The maximum atomic E-state index is 5.64. The van der Waals surface area contributed by atoms with Crippen molar-refractivity contribution < 1.29 is 0 Å². The average molecular weight is 192 g/mol. The number of nitrogens with zero attached hydrogens (tertiary/aromatic N) is 1. The largest absolute Gasteiger partial charge is 0.371 e. The third kappa shape index (κ3) is 2.26. The summed E-state index contributed by atoms with van der Waals surface area (Å²) in [5.74, 6) is 0. The molecule has 0 aliphatic heterocycles. The maximum absolute atomic E-state index is 5.64. The van der Waals surface area contributed by atoms with E-state index in [1.165, 1.54) is 16.8 Å². The van der Waals surface area contributed by atoms with Crippen LogP contribution in [0.3, 0.4) is 0 Å². The number of hydrogen-bond acceptors (Lipinski definition) is 2. The van der Waals surface area contributed by atoms with Crippen LogP contribution in [0.25, 0.3) is 0 Å². The number of aryl methyl sites for hydroxylation is 2. The summed E-state index contributed by atoms with van der Waals surface area (Å²) in [6.45, 7) is 7.09. The molecule has 2 N–H and O–H groups in total. The van der Waals surface area contributed by atoms with Crippen LogP contribution in [0.4, 0.5) is 5.69 Å². The van der Waals surface area contributed by atoms with E-state index in [-0.39, 0.29) is 0 Å². The van der Waals surface area contributed by atoms with Crippen LogP contribution in [0.2, 0.25) is 0 Å². The second-order valence-corrected chi connectivity index (χ2v) is 3.96. The second-order valence-electron chi connectivity index (χ2n) is 3.96. The van der Waals surface area contributed by atoms with Crippen LogP contribution < -0.4 is 10.6 Å². The van der Waals surface area contributed by atoms with E-state index in [9.17, 15) is 0 Å². The van der Waals surface area contributed by atoms with Gasteiger partial charge in [-0.2, -0.15) is 0 Å². The lowest BCUT2D eigenvalue weighted by atomic mass is 10.1. The molecule has 0 fully saturated rings. The molecule has 78 valence electrons. The van der Waals surface area contributed by atoms with Crippen molar-refractivity contribution in [1.29, 1.82) is 0 Å². The maximum Gasteiger partial charge on any atom is 0.0380 e. The smallest absolute Gasteiger partial charge is 0.0380 e. The Bertz CT molecular complexity index is 307. The van der Waals surface area contributed by atoms with Crippen molar-refractivity contribution in [2.75, 3.05) is 18.5 Å². The van der Waals surface area contributed by atoms with E-state index in [0.29, 0.717) is 12.6 Å². The van der Waals surface area contributed by atoms with Gasteiger partial charge >= 0.3 is 0 Å². The van der Waals surface area contributed by atoms with Crippen molar-refractivity contribution in [2.24, 2.45) is 5.73 Å². The summed E-state index contributed by atoms with van der Waals surface area (Å²) in [5, 5.41) is 0. The van der Waals surface area contributed by atoms with Crippen LogP contribution in [-0.2, 0) is 0 Å². The molecule has 0 aromatic heterocycles. The van der Waals surface area contributed by atoms with Crippen LogP contribution in [0.15, 0.2) is 18.2 Å². The van der Waals surface area contributed by atoms with Crippen LogP contribution >= 0.6 is 0 Å². The van der Waals surface area contributed by atoms with Gasteiger partial charge in [-0.3, -0.25) is 0 Å². The highest BCUT2D eigenvalue weighted by Crippen LogP contribution is 2.18. The molecule has 0 spiro atoms. The highest BCUT2D eigenvalue weighted by Gasteiger charge is 2.08. The molecule has 0 saturated heterocycles. The lowest BCUT2D eigenvalue weighted by Crippen LogP contribution is -2.35. The van der Waals surface area contributed by atoms with Crippen LogP contribution in [-0.4, -0.2) is 19.6 Å². The molecule has 14 heavy (non-hydrogen) atoms. The zero-order valence-electron chi connectivity index (χ0n) is 9.54. The van der Waals surface area contributed by atoms with Gasteiger partial charge in [-0.1, -0.05) is 6.07 Å². The van der Waals surface area contributed by atoms with Gasteiger partial charge in [-0.05, 0) is 44.0 Å². The molecule has 0 saturated carbocycles. The number of likely N-dealkylation sites (N-methyl/N-ethyl adjacent to an activating group) is 1. The Morgan fingerprint density at radius 2 is 1.93 bits per heavy atom. The molecular weight excluding hydrogens is 172 g/mol. The van der Waals surface area contributed by atoms with Crippen molar-refractivity contribution >= 4 is 5.69 Å². The Morgan fingerprint density at radius 3 is 2.43 bits per heavy atom. The molecule has 2 nitrogen and oxygen atoms in total. The molecule has 0 aliphatic carbocycles. The van der Waals surface area contributed by atoms with E-state index in [1.54, 1.807) is 0 Å². The summed E-state index contributed by atoms with van der Waals surface area (Å²) in [5.41, 5.74) is 9.55. The fourth-order valence-corrected chi connectivity index (χ4v) is 1.36. The van der Waals surface area contributed by atoms with Crippen molar-refractivity contribution in [3.63, 3.8) is 0 Å². The molecule has 0 amide bonds. The number of nitrogens with two attached hydrogens (primary N) is 1. The highest BCUT2D eigenvalue weighted by atomic mass is 15.1. The third-order valence-electron chi connectivity index (χ3n) is 2.90. The van der Waals surface area contributed by atoms with Crippen molar-refractivity contribution in [2.45, 2.75) is 26.8 Å². The van der Waals surface area contributed by atoms with E-state index in [1.807, 2.05) is 0 Å². The molecule has 1 rings (SSSR count). The minimum Gasteiger partial charge on any atom is -0.371 e. The first-order valence-corrected chi connectivity index (χ1v) is 5.06. The van der Waals surface area contributed by atoms with E-state index in [0.717, 1.165) is 0 Å². The van der Waals surface area contributed by atoms with Gasteiger partial charge in [-0.15, -0.1) is 0 Å². The fourth-order valence-electron chi connectivity index (χ4n) is 1.36.